The van der Waals surface area contributed by atoms with E-state index in [1.165, 1.54) is 12.8 Å². The summed E-state index contributed by atoms with van der Waals surface area (Å²) in [5.41, 5.74) is 1.85. The van der Waals surface area contributed by atoms with Gasteiger partial charge >= 0.3 is 0 Å². The molecule has 0 spiro atoms. The van der Waals surface area contributed by atoms with Crippen molar-refractivity contribution in [1.29, 1.82) is 0 Å². The minimum Gasteiger partial charge on any atom is -0.493 e. The Bertz CT molecular complexity index is 450. The topological polar surface area (TPSA) is 29.5 Å². The van der Waals surface area contributed by atoms with Gasteiger partial charge in [-0.1, -0.05) is 25.0 Å². The van der Waals surface area contributed by atoms with Crippen molar-refractivity contribution < 1.29 is 9.53 Å². The van der Waals surface area contributed by atoms with Crippen molar-refractivity contribution in [2.45, 2.75) is 39.5 Å². The molecule has 1 aromatic carbocycles. The van der Waals surface area contributed by atoms with E-state index in [1.807, 2.05) is 25.1 Å². The number of benzene rings is 1. The maximum atomic E-state index is 12.5. The molecule has 1 heterocycles. The molecule has 20 heavy (non-hydrogen) atoms. The number of hydrogen-bond acceptors (Lipinski definition) is 3. The highest BCUT2D eigenvalue weighted by molar-refractivity contribution is 6.00. The molecule has 0 radical (unpaired) electrons. The number of carbonyl (C=O) groups excluding carboxylic acids is 1. The maximum Gasteiger partial charge on any atom is 0.180 e. The monoisotopic (exact) mass is 275 g/mol. The van der Waals surface area contributed by atoms with Gasteiger partial charge in [0.25, 0.3) is 0 Å². The predicted molar refractivity (Wildman–Crippen MR) is 81.6 cm³/mol. The quantitative estimate of drug-likeness (QED) is 0.564. The zero-order valence-electron chi connectivity index (χ0n) is 12.7. The number of ketones is 1. The van der Waals surface area contributed by atoms with Gasteiger partial charge in [0.2, 0.25) is 0 Å². The van der Waals surface area contributed by atoms with Gasteiger partial charge < -0.3 is 4.74 Å². The first kappa shape index (κ1) is 15.0. The first-order valence-electron chi connectivity index (χ1n) is 7.69. The van der Waals surface area contributed by atoms with Crippen molar-refractivity contribution >= 4 is 5.78 Å². The molecule has 1 fully saturated rings. The van der Waals surface area contributed by atoms with E-state index in [1.54, 1.807) is 0 Å². The molecule has 0 aromatic heterocycles. The molecule has 0 unspecified atom stereocenters. The van der Waals surface area contributed by atoms with E-state index in [2.05, 4.69) is 11.8 Å². The van der Waals surface area contributed by atoms with Crippen LogP contribution in [0.25, 0.3) is 0 Å². The van der Waals surface area contributed by atoms with E-state index in [0.717, 1.165) is 42.8 Å². The number of unbranched alkanes of at least 4 members (excludes halogenated alkanes) is 1. The average Bonchev–Trinajstić information content (AvgIpc) is 2.93. The van der Waals surface area contributed by atoms with E-state index >= 15 is 0 Å². The molecule has 0 saturated carbocycles. The highest BCUT2D eigenvalue weighted by Gasteiger charge is 2.19. The third-order valence-corrected chi connectivity index (χ3v) is 3.76. The molecule has 0 bridgehead atoms. The molecule has 1 aliphatic rings. The Morgan fingerprint density at radius 2 is 2.05 bits per heavy atom. The van der Waals surface area contributed by atoms with E-state index in [-0.39, 0.29) is 5.78 Å². The number of hydrogen-bond donors (Lipinski definition) is 0. The third-order valence-electron chi connectivity index (χ3n) is 3.76. The van der Waals surface area contributed by atoms with Gasteiger partial charge in [-0.15, -0.1) is 0 Å². The minimum atomic E-state index is 0.182. The molecule has 0 N–H and O–H groups in total. The lowest BCUT2D eigenvalue weighted by atomic mass is 10.1. The van der Waals surface area contributed by atoms with Crippen LogP contribution in [-0.2, 0) is 0 Å². The number of likely N-dealkylation sites (tertiary alicyclic amines) is 1. The van der Waals surface area contributed by atoms with Gasteiger partial charge in [0.05, 0.1) is 18.7 Å². The summed E-state index contributed by atoms with van der Waals surface area (Å²) in [5.74, 6) is 0.926. The van der Waals surface area contributed by atoms with Gasteiger partial charge in [0.15, 0.2) is 5.78 Å². The van der Waals surface area contributed by atoms with Crippen molar-refractivity contribution in [3.05, 3.63) is 29.3 Å². The highest BCUT2D eigenvalue weighted by atomic mass is 16.5. The van der Waals surface area contributed by atoms with Crippen molar-refractivity contribution in [3.8, 4) is 5.75 Å². The van der Waals surface area contributed by atoms with Gasteiger partial charge in [-0.2, -0.15) is 0 Å². The predicted octanol–water partition coefficient (Wildman–Crippen LogP) is 3.45. The van der Waals surface area contributed by atoms with Gasteiger partial charge in [-0.3, -0.25) is 9.69 Å². The summed E-state index contributed by atoms with van der Waals surface area (Å²) < 4.78 is 5.78. The third kappa shape index (κ3) is 4.07. The minimum absolute atomic E-state index is 0.182. The lowest BCUT2D eigenvalue weighted by molar-refractivity contribution is 0.0941. The zero-order chi connectivity index (χ0) is 14.4. The summed E-state index contributed by atoms with van der Waals surface area (Å²) in [4.78, 5) is 14.7. The van der Waals surface area contributed by atoms with E-state index in [0.29, 0.717) is 13.2 Å². The first-order chi connectivity index (χ1) is 9.70. The summed E-state index contributed by atoms with van der Waals surface area (Å²) in [7, 11) is 0. The number of nitrogens with zero attached hydrogens (tertiary/aromatic N) is 1. The van der Waals surface area contributed by atoms with Gasteiger partial charge in [-0.05, 0) is 51.4 Å². The van der Waals surface area contributed by atoms with Crippen LogP contribution in [0.3, 0.4) is 0 Å². The second-order valence-electron chi connectivity index (χ2n) is 5.61. The van der Waals surface area contributed by atoms with Crippen LogP contribution in [0.5, 0.6) is 5.75 Å². The van der Waals surface area contributed by atoms with Crippen molar-refractivity contribution in [1.82, 2.24) is 4.90 Å². The SMILES string of the molecule is CCCCOc1ccc(C)cc1C(=O)CN1CCCC1. The van der Waals surface area contributed by atoms with Crippen LogP contribution in [0, 0.1) is 6.92 Å². The van der Waals surface area contributed by atoms with Crippen LogP contribution >= 0.6 is 0 Å². The Morgan fingerprint density at radius 3 is 2.75 bits per heavy atom. The molecular formula is C17H25NO2. The lowest BCUT2D eigenvalue weighted by Crippen LogP contribution is -2.27. The molecule has 3 nitrogen and oxygen atoms in total. The number of ether oxygens (including phenoxy) is 1. The van der Waals surface area contributed by atoms with Gasteiger partial charge in [0, 0.05) is 0 Å². The Kier molecular flexibility index (Phi) is 5.60. The molecule has 3 heteroatoms. The second kappa shape index (κ2) is 7.44. The van der Waals surface area contributed by atoms with Gasteiger partial charge in [-0.25, -0.2) is 0 Å². The van der Waals surface area contributed by atoms with Crippen LogP contribution in [0.2, 0.25) is 0 Å². The van der Waals surface area contributed by atoms with Crippen molar-refractivity contribution in [2.24, 2.45) is 0 Å². The smallest absolute Gasteiger partial charge is 0.180 e. The van der Waals surface area contributed by atoms with Crippen LogP contribution in [0.1, 0.15) is 48.5 Å². The van der Waals surface area contributed by atoms with Crippen molar-refractivity contribution in [2.75, 3.05) is 26.2 Å². The fourth-order valence-corrected chi connectivity index (χ4v) is 2.54. The Hall–Kier alpha value is -1.35. The molecule has 0 aliphatic carbocycles. The largest absolute Gasteiger partial charge is 0.493 e. The second-order valence-corrected chi connectivity index (χ2v) is 5.61. The molecular weight excluding hydrogens is 250 g/mol. The number of rotatable bonds is 7. The maximum absolute atomic E-state index is 12.5. The summed E-state index contributed by atoms with van der Waals surface area (Å²) >= 11 is 0. The average molecular weight is 275 g/mol. The standard InChI is InChI=1S/C17H25NO2/c1-3-4-11-20-17-8-7-14(2)12-15(17)16(19)13-18-9-5-6-10-18/h7-8,12H,3-6,9-11,13H2,1-2H3. The fraction of sp³-hybridized carbons (Fsp3) is 0.588. The van der Waals surface area contributed by atoms with Crippen LogP contribution in [0.4, 0.5) is 0 Å². The van der Waals surface area contributed by atoms with Crippen LogP contribution in [-0.4, -0.2) is 36.9 Å². The molecule has 0 amide bonds. The summed E-state index contributed by atoms with van der Waals surface area (Å²) in [6, 6.07) is 5.90. The summed E-state index contributed by atoms with van der Waals surface area (Å²) in [5, 5.41) is 0. The molecule has 0 atom stereocenters. The van der Waals surface area contributed by atoms with Gasteiger partial charge in [0.1, 0.15) is 5.75 Å². The normalized spacial score (nSPS) is 15.5. The number of aryl methyl sites for hydroxylation is 1. The van der Waals surface area contributed by atoms with E-state index in [9.17, 15) is 4.79 Å². The Balaban J connectivity index is 2.06. The summed E-state index contributed by atoms with van der Waals surface area (Å²) in [6.45, 7) is 7.45. The highest BCUT2D eigenvalue weighted by Crippen LogP contribution is 2.22. The Labute approximate surface area is 121 Å². The fourth-order valence-electron chi connectivity index (χ4n) is 2.54. The molecule has 1 saturated heterocycles. The summed E-state index contributed by atoms with van der Waals surface area (Å²) in [6.07, 6.45) is 4.54. The lowest BCUT2D eigenvalue weighted by Gasteiger charge is -2.16. The van der Waals surface area contributed by atoms with E-state index in [4.69, 9.17) is 4.74 Å². The first-order valence-corrected chi connectivity index (χ1v) is 7.69. The van der Waals surface area contributed by atoms with Crippen molar-refractivity contribution in [3.63, 3.8) is 0 Å². The molecule has 2 rings (SSSR count). The molecule has 1 aliphatic heterocycles. The zero-order valence-corrected chi connectivity index (χ0v) is 12.7. The number of Topliss-reactive ketones (excluding diaryl/α,β-unsaturated/α-hetero) is 1. The molecule has 110 valence electrons. The van der Waals surface area contributed by atoms with E-state index < -0.39 is 0 Å². The molecule has 1 aromatic rings. The van der Waals surface area contributed by atoms with Crippen LogP contribution < -0.4 is 4.74 Å². The van der Waals surface area contributed by atoms with Crippen LogP contribution in [0.15, 0.2) is 18.2 Å². The number of carbonyl (C=O) groups is 1. The Morgan fingerprint density at radius 1 is 1.30 bits per heavy atom.